The molecule has 0 aliphatic rings. The predicted molar refractivity (Wildman–Crippen MR) is 189 cm³/mol. The Morgan fingerprint density at radius 3 is 0.909 bits per heavy atom. The van der Waals surface area contributed by atoms with E-state index in [0.29, 0.717) is 11.1 Å². The largest absolute Gasteiger partial charge is 0.289 e. The van der Waals surface area contributed by atoms with Crippen molar-refractivity contribution in [2.45, 2.75) is 6.54 Å². The minimum Gasteiger partial charge on any atom is -0.289 e. The second-order valence-electron chi connectivity index (χ2n) is 13.6. The number of carbonyl (C=O) groups is 1. The van der Waals surface area contributed by atoms with E-state index in [4.69, 9.17) is 0 Å². The lowest BCUT2D eigenvalue weighted by Gasteiger charge is -2.44. The second kappa shape index (κ2) is 18.3. The van der Waals surface area contributed by atoms with Crippen molar-refractivity contribution in [3.63, 3.8) is 0 Å². The van der Waals surface area contributed by atoms with Gasteiger partial charge in [-0.15, -0.1) is 21.9 Å². The van der Waals surface area contributed by atoms with Gasteiger partial charge in [-0.1, -0.05) is 54.6 Å². The molecule has 0 aliphatic carbocycles. The van der Waals surface area contributed by atoms with Gasteiger partial charge in [0.15, 0.2) is 94.5 Å². The minimum atomic E-state index is -7.22. The van der Waals surface area contributed by atoms with Crippen LogP contribution in [0.5, 0.6) is 0 Å². The minimum absolute atomic E-state index is 0.0544. The Morgan fingerprint density at radius 1 is 0.364 bits per heavy atom. The van der Waals surface area contributed by atoms with Crippen LogP contribution in [0.3, 0.4) is 0 Å². The van der Waals surface area contributed by atoms with E-state index in [1.54, 1.807) is 12.4 Å². The molecule has 0 aliphatic heterocycles. The van der Waals surface area contributed by atoms with Gasteiger partial charge in [0.25, 0.3) is 0 Å². The van der Waals surface area contributed by atoms with Crippen LogP contribution in [0.4, 0.5) is 87.8 Å². The molecule has 7 aromatic rings. The number of ketones is 1. The van der Waals surface area contributed by atoms with Crippen LogP contribution in [0.1, 0.15) is 21.5 Å². The second-order valence-corrected chi connectivity index (χ2v) is 13.6. The maximum Gasteiger partial charge on any atom is 0.200 e. The molecule has 0 amide bonds. The zero-order valence-electron chi connectivity index (χ0n) is 31.7. The van der Waals surface area contributed by atoms with Crippen LogP contribution in [-0.2, 0) is 6.54 Å². The highest BCUT2D eigenvalue weighted by Gasteiger charge is 2.52. The Morgan fingerprint density at radius 2 is 0.621 bits per heavy atom. The van der Waals surface area contributed by atoms with E-state index in [9.17, 15) is 57.5 Å². The van der Waals surface area contributed by atoms with Gasteiger partial charge >= 0.3 is 0 Å². The highest BCUT2D eigenvalue weighted by molar-refractivity contribution is 7.20. The molecule has 0 saturated carbocycles. The lowest BCUT2D eigenvalue weighted by molar-refractivity contribution is -0.688. The summed E-state index contributed by atoms with van der Waals surface area (Å²) < 4.78 is 296. The van der Waals surface area contributed by atoms with Crippen molar-refractivity contribution in [3.8, 4) is 0 Å². The Balaban J connectivity index is 0.000000284. The van der Waals surface area contributed by atoms with E-state index in [-0.39, 0.29) is 5.78 Å². The highest BCUT2D eigenvalue weighted by Crippen LogP contribution is 2.31. The first-order chi connectivity index (χ1) is 31.0. The molecular weight excluding hydrogens is 939 g/mol. The van der Waals surface area contributed by atoms with E-state index in [0.717, 1.165) is 12.1 Å². The van der Waals surface area contributed by atoms with Gasteiger partial charge in [0, 0.05) is 16.7 Å². The van der Waals surface area contributed by atoms with Gasteiger partial charge in [0.1, 0.15) is 52.7 Å². The Hall–Kier alpha value is -7.27. The van der Waals surface area contributed by atoms with Gasteiger partial charge in [-0.25, -0.2) is 87.8 Å². The molecule has 1 aromatic heterocycles. The number of rotatable bonds is 8. The summed E-state index contributed by atoms with van der Waals surface area (Å²) in [5.41, 5.74) is -11.8. The maximum absolute atomic E-state index is 15.4. The van der Waals surface area contributed by atoms with E-state index >= 15 is 35.1 Å². The fraction of sp³-hybridized carbons (Fsp3) is 0.0238. The third kappa shape index (κ3) is 7.76. The van der Waals surface area contributed by atoms with Crippen molar-refractivity contribution in [3.05, 3.63) is 212 Å². The third-order valence-electron chi connectivity index (χ3n) is 10.0. The van der Waals surface area contributed by atoms with Gasteiger partial charge in [-0.05, 0) is 0 Å². The first kappa shape index (κ1) is 48.2. The van der Waals surface area contributed by atoms with Crippen LogP contribution in [0.15, 0.2) is 79.4 Å². The van der Waals surface area contributed by atoms with Gasteiger partial charge in [0.05, 0.1) is 12.4 Å². The van der Waals surface area contributed by atoms with E-state index < -0.39 is 144 Å². The molecule has 0 atom stereocenters. The molecule has 342 valence electrons. The summed E-state index contributed by atoms with van der Waals surface area (Å²) in [6, 6.07) is 17.1. The molecule has 0 bridgehead atoms. The summed E-state index contributed by atoms with van der Waals surface area (Å²) in [7, 11) is 0. The SMILES string of the molecule is Fc1c(F)c(F)c([B-](c2c(F)c(F)c(F)c(F)c2F)(c2c(F)c(F)c(F)c(F)c2F)c2c(F)c(F)c(F)c(F)c2F)c(F)c1F.O=C(c1ccccc1)c1ccc(C[n+]2ccncc2)cc1. The number of benzene rings is 6. The predicted octanol–water partition coefficient (Wildman–Crippen LogP) is 8.49. The van der Waals surface area contributed by atoms with Gasteiger partial charge in [0.2, 0.25) is 0 Å². The molecule has 0 unspecified atom stereocenters. The lowest BCUT2D eigenvalue weighted by atomic mass is 9.12. The summed E-state index contributed by atoms with van der Waals surface area (Å²) in [5, 5.41) is 0. The summed E-state index contributed by atoms with van der Waals surface area (Å²) in [6.07, 6.45) is 0.137. The van der Waals surface area contributed by atoms with Crippen LogP contribution in [0.25, 0.3) is 0 Å². The molecule has 0 saturated heterocycles. The van der Waals surface area contributed by atoms with E-state index in [1.807, 2.05) is 71.6 Å². The van der Waals surface area contributed by atoms with Crippen molar-refractivity contribution in [2.24, 2.45) is 0 Å². The molecule has 6 aromatic carbocycles. The number of hydrogen-bond acceptors (Lipinski definition) is 2. The third-order valence-corrected chi connectivity index (χ3v) is 10.0. The molecule has 0 N–H and O–H groups in total. The van der Waals surface area contributed by atoms with Crippen molar-refractivity contribution in [2.75, 3.05) is 0 Å². The van der Waals surface area contributed by atoms with Crippen molar-refractivity contribution in [1.29, 1.82) is 0 Å². The smallest absolute Gasteiger partial charge is 0.200 e. The van der Waals surface area contributed by atoms with E-state index in [2.05, 4.69) is 4.98 Å². The van der Waals surface area contributed by atoms with Crippen molar-refractivity contribution in [1.82, 2.24) is 4.98 Å². The van der Waals surface area contributed by atoms with Crippen LogP contribution in [0.2, 0.25) is 0 Å². The van der Waals surface area contributed by atoms with Gasteiger partial charge in [-0.2, -0.15) is 4.57 Å². The monoisotopic (exact) mass is 954 g/mol. The normalized spacial score (nSPS) is 11.5. The molecule has 1 heterocycles. The molecular formula is C42H15BF20N2O. The maximum atomic E-state index is 15.4. The topological polar surface area (TPSA) is 33.8 Å². The zero-order valence-corrected chi connectivity index (χ0v) is 31.7. The summed E-state index contributed by atoms with van der Waals surface area (Å²) in [5.74, 6) is -71.4. The quantitative estimate of drug-likeness (QED) is 0.0383. The average Bonchev–Trinajstić information content (AvgIpc) is 3.32. The fourth-order valence-corrected chi connectivity index (χ4v) is 7.06. The fourth-order valence-electron chi connectivity index (χ4n) is 7.06. The van der Waals surface area contributed by atoms with Crippen LogP contribution < -0.4 is 26.4 Å². The molecule has 7 rings (SSSR count). The standard InChI is InChI=1S/C24BF20.C18H15N2O/c26-5-1(6(27)14(35)21(42)13(5)34)25(2-7(28)15(36)22(43)16(37)8(2)29,3-9(30)17(38)23(44)18(39)10(3)31)4-11(32)19(40)24(45)20(41)12(4)33;21-18(16-4-2-1-3-5-16)17-8-6-15(7-9-17)14-20-12-10-19-11-13-20/h;1-13H,14H2/q-1;+1. The van der Waals surface area contributed by atoms with Gasteiger partial charge < -0.3 is 0 Å². The highest BCUT2D eigenvalue weighted by atomic mass is 19.2. The van der Waals surface area contributed by atoms with Crippen molar-refractivity contribution < 1.29 is 97.2 Å². The van der Waals surface area contributed by atoms with Crippen LogP contribution >= 0.6 is 0 Å². The number of halogens is 20. The van der Waals surface area contributed by atoms with Gasteiger partial charge in [-0.3, -0.25) is 9.78 Å². The summed E-state index contributed by atoms with van der Waals surface area (Å²) >= 11 is 0. The first-order valence-electron chi connectivity index (χ1n) is 17.7. The number of nitrogens with zero attached hydrogens (tertiary/aromatic N) is 2. The van der Waals surface area contributed by atoms with Crippen molar-refractivity contribution >= 4 is 33.8 Å². The lowest BCUT2D eigenvalue weighted by Crippen LogP contribution is -2.81. The first-order valence-corrected chi connectivity index (χ1v) is 17.7. The average molecular weight is 954 g/mol. The van der Waals surface area contributed by atoms with Crippen LogP contribution in [0, 0.1) is 116 Å². The Labute approximate surface area is 354 Å². The molecule has 66 heavy (non-hydrogen) atoms. The summed E-state index contributed by atoms with van der Waals surface area (Å²) in [4.78, 5) is 16.3. The molecule has 0 radical (unpaired) electrons. The molecule has 0 fully saturated rings. The number of aromatic nitrogens is 2. The molecule has 24 heteroatoms. The van der Waals surface area contributed by atoms with Crippen LogP contribution in [-0.4, -0.2) is 16.9 Å². The zero-order chi connectivity index (χ0) is 48.8. The Bertz CT molecular complexity index is 2680. The molecule has 3 nitrogen and oxygen atoms in total. The summed E-state index contributed by atoms with van der Waals surface area (Å²) in [6.45, 7) is 0.766. The number of hydrogen-bond donors (Lipinski definition) is 0. The van der Waals surface area contributed by atoms with E-state index in [1.165, 1.54) is 0 Å². The Kier molecular flexibility index (Phi) is 13.4. The number of carbonyl (C=O) groups excluding carboxylic acids is 1. The molecule has 0 spiro atoms.